The lowest BCUT2D eigenvalue weighted by molar-refractivity contribution is -0.146. The van der Waals surface area contributed by atoms with Gasteiger partial charge in [0.1, 0.15) is 5.82 Å². The van der Waals surface area contributed by atoms with Gasteiger partial charge in [-0.25, -0.2) is 4.98 Å². The van der Waals surface area contributed by atoms with Crippen LogP contribution in [0.25, 0.3) is 16.7 Å². The van der Waals surface area contributed by atoms with Crippen LogP contribution in [0.5, 0.6) is 0 Å². The van der Waals surface area contributed by atoms with Crippen molar-refractivity contribution in [3.05, 3.63) is 60.4 Å². The van der Waals surface area contributed by atoms with Crippen LogP contribution in [0.4, 0.5) is 0 Å². The van der Waals surface area contributed by atoms with E-state index in [0.717, 1.165) is 22.5 Å². The number of nitrogens with zero attached hydrogens (tertiary/aromatic N) is 2. The van der Waals surface area contributed by atoms with E-state index in [-0.39, 0.29) is 18.9 Å². The van der Waals surface area contributed by atoms with Crippen LogP contribution in [0.15, 0.2) is 54.6 Å². The summed E-state index contributed by atoms with van der Waals surface area (Å²) in [4.78, 5) is 28.0. The van der Waals surface area contributed by atoms with Gasteiger partial charge in [0, 0.05) is 25.1 Å². The Balaban J connectivity index is 1.77. The first-order chi connectivity index (χ1) is 12.9. The van der Waals surface area contributed by atoms with E-state index in [1.54, 1.807) is 13.8 Å². The zero-order chi connectivity index (χ0) is 19.4. The fraction of sp³-hybridized carbons (Fsp3) is 0.286. The van der Waals surface area contributed by atoms with E-state index in [2.05, 4.69) is 14.9 Å². The van der Waals surface area contributed by atoms with Crippen molar-refractivity contribution in [2.24, 2.45) is 5.41 Å². The molecule has 1 heterocycles. The first kappa shape index (κ1) is 18.6. The summed E-state index contributed by atoms with van der Waals surface area (Å²) in [6, 6.07) is 17.8. The first-order valence-corrected chi connectivity index (χ1v) is 8.90. The van der Waals surface area contributed by atoms with Crippen LogP contribution in [0.2, 0.25) is 0 Å². The third kappa shape index (κ3) is 4.16. The summed E-state index contributed by atoms with van der Waals surface area (Å²) in [5, 5.41) is 11.9. The number of carboxylic acids is 1. The highest BCUT2D eigenvalue weighted by Gasteiger charge is 2.27. The van der Waals surface area contributed by atoms with E-state index in [0.29, 0.717) is 6.42 Å². The Morgan fingerprint density at radius 3 is 2.44 bits per heavy atom. The second kappa shape index (κ2) is 7.61. The van der Waals surface area contributed by atoms with Gasteiger partial charge < -0.3 is 10.4 Å². The molecule has 0 spiro atoms. The van der Waals surface area contributed by atoms with Crippen LogP contribution in [0.3, 0.4) is 0 Å². The maximum absolute atomic E-state index is 12.2. The summed E-state index contributed by atoms with van der Waals surface area (Å²) in [6.45, 7) is 3.27. The Hall–Kier alpha value is -3.15. The van der Waals surface area contributed by atoms with E-state index in [1.165, 1.54) is 0 Å². The Morgan fingerprint density at radius 2 is 1.74 bits per heavy atom. The van der Waals surface area contributed by atoms with Gasteiger partial charge >= 0.3 is 5.97 Å². The number of rotatable bonds is 7. The molecule has 0 unspecified atom stereocenters. The summed E-state index contributed by atoms with van der Waals surface area (Å²) in [6.07, 6.45) is 0.703. The number of benzene rings is 2. The number of imidazole rings is 1. The number of aryl methyl sites for hydroxylation is 1. The third-order valence-corrected chi connectivity index (χ3v) is 4.53. The molecule has 0 saturated heterocycles. The number of para-hydroxylation sites is 3. The number of aliphatic carboxylic acids is 1. The topological polar surface area (TPSA) is 84.2 Å². The molecule has 2 aromatic carbocycles. The van der Waals surface area contributed by atoms with Crippen LogP contribution in [-0.2, 0) is 16.0 Å². The number of nitrogens with one attached hydrogen (secondary N) is 1. The minimum absolute atomic E-state index is 0.0935. The van der Waals surface area contributed by atoms with E-state index in [9.17, 15) is 9.59 Å². The van der Waals surface area contributed by atoms with Crippen molar-refractivity contribution in [3.63, 3.8) is 0 Å². The second-order valence-electron chi connectivity index (χ2n) is 7.15. The molecule has 3 rings (SSSR count). The van der Waals surface area contributed by atoms with Gasteiger partial charge in [0.2, 0.25) is 5.91 Å². The zero-order valence-corrected chi connectivity index (χ0v) is 15.5. The highest BCUT2D eigenvalue weighted by molar-refractivity contribution is 5.80. The molecule has 0 aliphatic heterocycles. The summed E-state index contributed by atoms with van der Waals surface area (Å²) in [5.74, 6) is -0.320. The molecule has 0 bridgehead atoms. The quantitative estimate of drug-likeness (QED) is 0.673. The normalized spacial score (nSPS) is 11.5. The van der Waals surface area contributed by atoms with Crippen LogP contribution in [0.1, 0.15) is 26.1 Å². The minimum atomic E-state index is -0.993. The molecule has 0 saturated carbocycles. The molecule has 0 fully saturated rings. The molecule has 6 nitrogen and oxygen atoms in total. The summed E-state index contributed by atoms with van der Waals surface area (Å²) in [7, 11) is 0. The Kier molecular flexibility index (Phi) is 5.26. The van der Waals surface area contributed by atoms with Crippen molar-refractivity contribution in [2.75, 3.05) is 6.54 Å². The van der Waals surface area contributed by atoms with Gasteiger partial charge in [0.25, 0.3) is 0 Å². The number of carbonyl (C=O) groups excluding carboxylic acids is 1. The van der Waals surface area contributed by atoms with Crippen molar-refractivity contribution < 1.29 is 14.7 Å². The maximum atomic E-state index is 12.2. The first-order valence-electron chi connectivity index (χ1n) is 8.90. The van der Waals surface area contributed by atoms with Crippen LogP contribution >= 0.6 is 0 Å². The fourth-order valence-electron chi connectivity index (χ4n) is 2.82. The van der Waals surface area contributed by atoms with E-state index in [4.69, 9.17) is 5.11 Å². The molecule has 0 radical (unpaired) electrons. The average molecular weight is 365 g/mol. The maximum Gasteiger partial charge on any atom is 0.310 e. The summed E-state index contributed by atoms with van der Waals surface area (Å²) >= 11 is 0. The van der Waals surface area contributed by atoms with E-state index in [1.807, 2.05) is 54.6 Å². The van der Waals surface area contributed by atoms with Crippen LogP contribution < -0.4 is 5.32 Å². The Labute approximate surface area is 157 Å². The monoisotopic (exact) mass is 365 g/mol. The van der Waals surface area contributed by atoms with Crippen molar-refractivity contribution in [1.82, 2.24) is 14.9 Å². The van der Waals surface area contributed by atoms with Crippen molar-refractivity contribution in [1.29, 1.82) is 0 Å². The molecule has 3 aromatic rings. The molecule has 2 N–H and O–H groups in total. The lowest BCUT2D eigenvalue weighted by Crippen LogP contribution is -2.39. The molecule has 1 amide bonds. The number of aromatic nitrogens is 2. The number of carbonyl (C=O) groups is 2. The van der Waals surface area contributed by atoms with Gasteiger partial charge in [-0.3, -0.25) is 14.2 Å². The molecule has 0 atom stereocenters. The molecule has 140 valence electrons. The summed E-state index contributed by atoms with van der Waals surface area (Å²) in [5.41, 5.74) is 1.87. The van der Waals surface area contributed by atoms with E-state index < -0.39 is 11.4 Å². The predicted octanol–water partition coefficient (Wildman–Crippen LogP) is 3.19. The Bertz CT molecular complexity index is 961. The molecule has 0 aliphatic carbocycles. The van der Waals surface area contributed by atoms with Gasteiger partial charge in [-0.05, 0) is 38.1 Å². The predicted molar refractivity (Wildman–Crippen MR) is 104 cm³/mol. The smallest absolute Gasteiger partial charge is 0.310 e. The molecule has 0 aliphatic rings. The number of carboxylic acid groups (broad SMARTS) is 1. The number of amides is 1. The lowest BCUT2D eigenvalue weighted by Gasteiger charge is -2.19. The summed E-state index contributed by atoms with van der Waals surface area (Å²) < 4.78 is 2.06. The van der Waals surface area contributed by atoms with Gasteiger partial charge in [0.15, 0.2) is 0 Å². The minimum Gasteiger partial charge on any atom is -0.481 e. The average Bonchev–Trinajstić information content (AvgIpc) is 3.03. The van der Waals surface area contributed by atoms with Gasteiger partial charge in [-0.15, -0.1) is 0 Å². The van der Waals surface area contributed by atoms with Crippen molar-refractivity contribution in [2.45, 2.75) is 26.7 Å². The Morgan fingerprint density at radius 1 is 1.07 bits per heavy atom. The van der Waals surface area contributed by atoms with Gasteiger partial charge in [-0.1, -0.05) is 30.3 Å². The molecular weight excluding hydrogens is 342 g/mol. The standard InChI is InChI=1S/C21H23N3O3/c1-21(2,20(26)27)14-22-19(25)13-12-18-23-16-10-6-7-11-17(16)24(18)15-8-4-3-5-9-15/h3-11H,12-14H2,1-2H3,(H,22,25)(H,26,27). The molecule has 27 heavy (non-hydrogen) atoms. The number of fused-ring (bicyclic) bond motifs is 1. The highest BCUT2D eigenvalue weighted by Crippen LogP contribution is 2.22. The third-order valence-electron chi connectivity index (χ3n) is 4.53. The molecule has 6 heteroatoms. The SMILES string of the molecule is CC(C)(CNC(=O)CCc1nc2ccccc2n1-c1ccccc1)C(=O)O. The molecule has 1 aromatic heterocycles. The van der Waals surface area contributed by atoms with Crippen molar-refractivity contribution in [3.8, 4) is 5.69 Å². The van der Waals surface area contributed by atoms with E-state index >= 15 is 0 Å². The van der Waals surface area contributed by atoms with Crippen LogP contribution in [0, 0.1) is 5.41 Å². The van der Waals surface area contributed by atoms with Crippen molar-refractivity contribution >= 4 is 22.9 Å². The molecular formula is C21H23N3O3. The second-order valence-corrected chi connectivity index (χ2v) is 7.15. The number of hydrogen-bond donors (Lipinski definition) is 2. The largest absolute Gasteiger partial charge is 0.481 e. The van der Waals surface area contributed by atoms with Gasteiger partial charge in [-0.2, -0.15) is 0 Å². The highest BCUT2D eigenvalue weighted by atomic mass is 16.4. The number of hydrogen-bond acceptors (Lipinski definition) is 3. The lowest BCUT2D eigenvalue weighted by atomic mass is 9.94. The van der Waals surface area contributed by atoms with Gasteiger partial charge in [0.05, 0.1) is 16.4 Å². The fourth-order valence-corrected chi connectivity index (χ4v) is 2.82. The zero-order valence-electron chi connectivity index (χ0n) is 15.5. The van der Waals surface area contributed by atoms with Crippen LogP contribution in [-0.4, -0.2) is 33.1 Å².